The Balaban J connectivity index is 1.72. The van der Waals surface area contributed by atoms with Crippen molar-refractivity contribution >= 4 is 6.72 Å². The molecule has 1 aliphatic carbocycles. The maximum atomic E-state index is 5.44. The number of epoxide rings is 1. The Morgan fingerprint density at radius 1 is 1.36 bits per heavy atom. The van der Waals surface area contributed by atoms with Crippen molar-refractivity contribution in [3.05, 3.63) is 0 Å². The normalized spacial score (nSPS) is 41.3. The highest BCUT2D eigenvalue weighted by Gasteiger charge is 2.43. The number of hydrogen-bond acceptors (Lipinski definition) is 2. The summed E-state index contributed by atoms with van der Waals surface area (Å²) in [5.74, 6) is 0.865. The first-order valence-corrected chi connectivity index (χ1v) is 4.48. The van der Waals surface area contributed by atoms with Crippen molar-refractivity contribution < 1.29 is 4.74 Å². The second-order valence-corrected chi connectivity index (χ2v) is 3.63. The number of rotatable bonds is 3. The number of fused-ring (bicyclic) bond motifs is 1. The third kappa shape index (κ3) is 1.62. The molecule has 0 aromatic heterocycles. The number of nitrogens with zero attached hydrogens (tertiary/aromatic N) is 1. The Morgan fingerprint density at radius 2 is 2.27 bits per heavy atom. The van der Waals surface area contributed by atoms with E-state index in [0.717, 1.165) is 12.5 Å². The van der Waals surface area contributed by atoms with Crippen LogP contribution in [-0.2, 0) is 4.74 Å². The van der Waals surface area contributed by atoms with E-state index in [4.69, 9.17) is 4.74 Å². The lowest BCUT2D eigenvalue weighted by Crippen LogP contribution is -2.13. The summed E-state index contributed by atoms with van der Waals surface area (Å²) in [4.78, 5) is 3.88. The maximum Gasteiger partial charge on any atom is 0.0844 e. The van der Waals surface area contributed by atoms with Gasteiger partial charge in [0.05, 0.1) is 12.2 Å². The monoisotopic (exact) mass is 153 g/mol. The Labute approximate surface area is 67.7 Å². The highest BCUT2D eigenvalue weighted by atomic mass is 16.6. The third-order valence-corrected chi connectivity index (χ3v) is 2.81. The van der Waals surface area contributed by atoms with Gasteiger partial charge < -0.3 is 9.73 Å². The lowest BCUT2D eigenvalue weighted by atomic mass is 9.87. The summed E-state index contributed by atoms with van der Waals surface area (Å²) in [5.41, 5.74) is 0. The van der Waals surface area contributed by atoms with Gasteiger partial charge >= 0.3 is 0 Å². The van der Waals surface area contributed by atoms with E-state index < -0.39 is 0 Å². The van der Waals surface area contributed by atoms with Crippen LogP contribution in [0.3, 0.4) is 0 Å². The van der Waals surface area contributed by atoms with E-state index in [1.165, 1.54) is 25.7 Å². The molecule has 2 heteroatoms. The minimum Gasteiger partial charge on any atom is -0.370 e. The van der Waals surface area contributed by atoms with E-state index >= 15 is 0 Å². The fourth-order valence-electron chi connectivity index (χ4n) is 2.02. The van der Waals surface area contributed by atoms with Crippen LogP contribution in [0, 0.1) is 5.92 Å². The summed E-state index contributed by atoms with van der Waals surface area (Å²) in [5, 5.41) is 0. The quantitative estimate of drug-likeness (QED) is 0.447. The van der Waals surface area contributed by atoms with Gasteiger partial charge in [0.25, 0.3) is 0 Å². The molecule has 11 heavy (non-hydrogen) atoms. The molecule has 1 saturated heterocycles. The first-order chi connectivity index (χ1) is 5.40. The van der Waals surface area contributed by atoms with Gasteiger partial charge in [-0.1, -0.05) is 0 Å². The van der Waals surface area contributed by atoms with E-state index in [0.29, 0.717) is 12.2 Å². The van der Waals surface area contributed by atoms with E-state index in [1.807, 2.05) is 0 Å². The molecule has 3 atom stereocenters. The molecule has 62 valence electrons. The van der Waals surface area contributed by atoms with Crippen LogP contribution in [-0.4, -0.2) is 25.5 Å². The Bertz CT molecular complexity index is 158. The minimum atomic E-state index is 0.624. The molecule has 0 bridgehead atoms. The predicted octanol–water partition coefficient (Wildman–Crippen LogP) is 1.64. The number of hydrogen-bond donors (Lipinski definition) is 0. The molecule has 2 rings (SSSR count). The van der Waals surface area contributed by atoms with Crippen LogP contribution in [0.1, 0.15) is 25.7 Å². The highest BCUT2D eigenvalue weighted by molar-refractivity contribution is 5.23. The van der Waals surface area contributed by atoms with Gasteiger partial charge in [-0.3, -0.25) is 0 Å². The maximum absolute atomic E-state index is 5.44. The van der Waals surface area contributed by atoms with Gasteiger partial charge in [0.15, 0.2) is 0 Å². The van der Waals surface area contributed by atoms with Crippen LogP contribution >= 0.6 is 0 Å². The molecule has 0 radical (unpaired) electrons. The Morgan fingerprint density at radius 3 is 3.00 bits per heavy atom. The summed E-state index contributed by atoms with van der Waals surface area (Å²) >= 11 is 0. The predicted molar refractivity (Wildman–Crippen MR) is 45.0 cm³/mol. The molecule has 2 nitrogen and oxygen atoms in total. The molecule has 2 fully saturated rings. The zero-order valence-corrected chi connectivity index (χ0v) is 6.83. The molecule has 0 aromatic rings. The highest BCUT2D eigenvalue weighted by Crippen LogP contribution is 2.40. The molecule has 0 amide bonds. The van der Waals surface area contributed by atoms with Crippen molar-refractivity contribution in [1.29, 1.82) is 0 Å². The Hall–Kier alpha value is -0.370. The molecule has 0 aromatic carbocycles. The van der Waals surface area contributed by atoms with Crippen LogP contribution in [0.2, 0.25) is 0 Å². The van der Waals surface area contributed by atoms with Crippen LogP contribution in [0.25, 0.3) is 0 Å². The molecule has 2 aliphatic rings. The Kier molecular flexibility index (Phi) is 1.95. The van der Waals surface area contributed by atoms with Gasteiger partial charge in [-0.2, -0.15) is 0 Å². The van der Waals surface area contributed by atoms with Crippen LogP contribution < -0.4 is 0 Å². The molecule has 3 unspecified atom stereocenters. The van der Waals surface area contributed by atoms with Gasteiger partial charge in [-0.25, -0.2) is 0 Å². The smallest absolute Gasteiger partial charge is 0.0844 e. The summed E-state index contributed by atoms with van der Waals surface area (Å²) in [6.07, 6.45) is 6.39. The molecular formula is C9H15NO. The zero-order chi connectivity index (χ0) is 7.68. The first-order valence-electron chi connectivity index (χ1n) is 4.48. The van der Waals surface area contributed by atoms with E-state index in [2.05, 4.69) is 11.7 Å². The third-order valence-electron chi connectivity index (χ3n) is 2.81. The molecule has 1 heterocycles. The fraction of sp³-hybridized carbons (Fsp3) is 0.889. The summed E-state index contributed by atoms with van der Waals surface area (Å²) in [7, 11) is 0. The topological polar surface area (TPSA) is 24.9 Å². The molecule has 1 saturated carbocycles. The fourth-order valence-corrected chi connectivity index (χ4v) is 2.02. The standard InChI is InChI=1S/C9H15NO/c1-10-5-4-7-2-3-8-9(6-7)11-8/h7-9H,1-6H2. The van der Waals surface area contributed by atoms with Crippen molar-refractivity contribution in [2.75, 3.05) is 6.54 Å². The minimum absolute atomic E-state index is 0.624. The van der Waals surface area contributed by atoms with Crippen LogP contribution in [0.4, 0.5) is 0 Å². The van der Waals surface area contributed by atoms with Crippen molar-refractivity contribution in [2.24, 2.45) is 10.9 Å². The van der Waals surface area contributed by atoms with Crippen LogP contribution in [0.15, 0.2) is 4.99 Å². The molecular weight excluding hydrogens is 138 g/mol. The van der Waals surface area contributed by atoms with Crippen molar-refractivity contribution in [2.45, 2.75) is 37.9 Å². The largest absolute Gasteiger partial charge is 0.370 e. The van der Waals surface area contributed by atoms with Crippen molar-refractivity contribution in [1.82, 2.24) is 0 Å². The van der Waals surface area contributed by atoms with Crippen molar-refractivity contribution in [3.8, 4) is 0 Å². The first kappa shape index (κ1) is 7.29. The van der Waals surface area contributed by atoms with E-state index in [9.17, 15) is 0 Å². The van der Waals surface area contributed by atoms with Gasteiger partial charge in [0, 0.05) is 6.54 Å². The van der Waals surface area contributed by atoms with Gasteiger partial charge in [0.1, 0.15) is 0 Å². The average Bonchev–Trinajstić information content (AvgIpc) is 2.78. The van der Waals surface area contributed by atoms with E-state index in [-0.39, 0.29) is 0 Å². The summed E-state index contributed by atoms with van der Waals surface area (Å²) in [6.45, 7) is 4.43. The molecule has 0 N–H and O–H groups in total. The van der Waals surface area contributed by atoms with Gasteiger partial charge in [-0.05, 0) is 38.3 Å². The van der Waals surface area contributed by atoms with Gasteiger partial charge in [-0.15, -0.1) is 0 Å². The zero-order valence-electron chi connectivity index (χ0n) is 6.83. The average molecular weight is 153 g/mol. The lowest BCUT2D eigenvalue weighted by Gasteiger charge is -2.17. The van der Waals surface area contributed by atoms with E-state index in [1.54, 1.807) is 0 Å². The second kappa shape index (κ2) is 2.94. The SMILES string of the molecule is C=NCCC1CCC2OC2C1. The van der Waals surface area contributed by atoms with Crippen LogP contribution in [0.5, 0.6) is 0 Å². The summed E-state index contributed by atoms with van der Waals surface area (Å²) in [6, 6.07) is 0. The van der Waals surface area contributed by atoms with Crippen molar-refractivity contribution in [3.63, 3.8) is 0 Å². The molecule has 0 spiro atoms. The lowest BCUT2D eigenvalue weighted by molar-refractivity contribution is 0.354. The molecule has 1 aliphatic heterocycles. The second-order valence-electron chi connectivity index (χ2n) is 3.63. The summed E-state index contributed by atoms with van der Waals surface area (Å²) < 4.78 is 5.44. The number of ether oxygens (including phenoxy) is 1. The van der Waals surface area contributed by atoms with Gasteiger partial charge in [0.2, 0.25) is 0 Å². The number of aliphatic imine (C=N–C) groups is 1.